The van der Waals surface area contributed by atoms with Crippen LogP contribution in [0.5, 0.6) is 0 Å². The number of nitrogens with two attached hydrogens (primary N) is 1. The van der Waals surface area contributed by atoms with Gasteiger partial charge in [-0.15, -0.1) is 11.3 Å². The Hall–Kier alpha value is -2.32. The van der Waals surface area contributed by atoms with Crippen molar-refractivity contribution in [3.05, 3.63) is 51.7 Å². The van der Waals surface area contributed by atoms with Gasteiger partial charge in [0.1, 0.15) is 10.8 Å². The third-order valence-electron chi connectivity index (χ3n) is 5.28. The molecule has 4 N–H and O–H groups in total. The van der Waals surface area contributed by atoms with Gasteiger partial charge in [0.25, 0.3) is 11.8 Å². The van der Waals surface area contributed by atoms with E-state index in [1.54, 1.807) is 0 Å². The molecular weight excluding hydrogens is 409 g/mol. The number of fused-ring (bicyclic) bond motifs is 1. The van der Waals surface area contributed by atoms with Crippen molar-refractivity contribution in [2.75, 3.05) is 5.32 Å². The molecular formula is C21H24FN3O2S2. The number of carbonyl (C=O) groups is 2. The van der Waals surface area contributed by atoms with Gasteiger partial charge in [-0.05, 0) is 66.6 Å². The molecule has 2 aromatic rings. The Bertz CT molecular complexity index is 979. The second-order valence-corrected chi connectivity index (χ2v) is 9.81. The molecule has 1 aliphatic rings. The summed E-state index contributed by atoms with van der Waals surface area (Å²) in [6.07, 6.45) is 2.66. The molecule has 0 unspecified atom stereocenters. The number of hydrogen-bond acceptors (Lipinski definition) is 4. The van der Waals surface area contributed by atoms with Gasteiger partial charge >= 0.3 is 0 Å². The van der Waals surface area contributed by atoms with Crippen molar-refractivity contribution in [1.29, 1.82) is 0 Å². The van der Waals surface area contributed by atoms with Crippen molar-refractivity contribution in [3.63, 3.8) is 0 Å². The zero-order chi connectivity index (χ0) is 21.3. The number of carbonyl (C=O) groups excluding carboxylic acids is 2. The van der Waals surface area contributed by atoms with Crippen molar-refractivity contribution >= 4 is 45.5 Å². The molecule has 5 nitrogen and oxygen atoms in total. The summed E-state index contributed by atoms with van der Waals surface area (Å²) in [5.74, 6) is -1.04. The number of halogens is 1. The number of hydrogen-bond donors (Lipinski definition) is 3. The van der Waals surface area contributed by atoms with Crippen LogP contribution in [0.15, 0.2) is 24.3 Å². The average Bonchev–Trinajstić information content (AvgIpc) is 2.97. The molecule has 1 aliphatic carbocycles. The van der Waals surface area contributed by atoms with Crippen LogP contribution in [0, 0.1) is 17.2 Å². The Morgan fingerprint density at radius 2 is 2.03 bits per heavy atom. The van der Waals surface area contributed by atoms with Crippen molar-refractivity contribution in [2.24, 2.45) is 17.1 Å². The molecule has 1 aromatic heterocycles. The van der Waals surface area contributed by atoms with Crippen molar-refractivity contribution in [2.45, 2.75) is 40.0 Å². The number of nitrogens with one attached hydrogen (secondary N) is 2. The highest BCUT2D eigenvalue weighted by molar-refractivity contribution is 7.80. The molecule has 0 radical (unpaired) electrons. The maximum Gasteiger partial charge on any atom is 0.257 e. The van der Waals surface area contributed by atoms with Gasteiger partial charge in [-0.2, -0.15) is 0 Å². The maximum absolute atomic E-state index is 13.3. The van der Waals surface area contributed by atoms with E-state index in [2.05, 4.69) is 31.4 Å². The van der Waals surface area contributed by atoms with Gasteiger partial charge in [0, 0.05) is 10.4 Å². The monoisotopic (exact) mass is 433 g/mol. The van der Waals surface area contributed by atoms with Crippen LogP contribution in [0.2, 0.25) is 0 Å². The SMILES string of the molecule is CC(C)(C)[C@H]1CCc2c(sc(NC(=S)NC(=O)c3cccc(F)c3)c2C(N)=O)C1. The first-order valence-corrected chi connectivity index (χ1v) is 10.6. The zero-order valence-electron chi connectivity index (χ0n) is 16.6. The van der Waals surface area contributed by atoms with Crippen molar-refractivity contribution < 1.29 is 14.0 Å². The fourth-order valence-electron chi connectivity index (χ4n) is 3.61. The first-order chi connectivity index (χ1) is 13.6. The van der Waals surface area contributed by atoms with Gasteiger partial charge in [-0.1, -0.05) is 26.8 Å². The third-order valence-corrected chi connectivity index (χ3v) is 6.65. The summed E-state index contributed by atoms with van der Waals surface area (Å²) in [4.78, 5) is 25.5. The number of benzene rings is 1. The lowest BCUT2D eigenvalue weighted by Crippen LogP contribution is -2.34. The van der Waals surface area contributed by atoms with Crippen LogP contribution in [-0.2, 0) is 12.8 Å². The summed E-state index contributed by atoms with van der Waals surface area (Å²) in [5, 5.41) is 6.04. The number of anilines is 1. The minimum atomic E-state index is -0.531. The largest absolute Gasteiger partial charge is 0.365 e. The molecule has 1 heterocycles. The Balaban J connectivity index is 1.79. The molecule has 0 fully saturated rings. The van der Waals surface area contributed by atoms with E-state index in [0.717, 1.165) is 35.8 Å². The van der Waals surface area contributed by atoms with Gasteiger partial charge in [-0.25, -0.2) is 4.39 Å². The smallest absolute Gasteiger partial charge is 0.257 e. The number of primary amides is 1. The third kappa shape index (κ3) is 4.82. The summed E-state index contributed by atoms with van der Waals surface area (Å²) < 4.78 is 13.3. The fraction of sp³-hybridized carbons (Fsp3) is 0.381. The second kappa shape index (κ2) is 8.20. The van der Waals surface area contributed by atoms with Gasteiger partial charge in [0.05, 0.1) is 5.56 Å². The van der Waals surface area contributed by atoms with Crippen molar-refractivity contribution in [1.82, 2.24) is 5.32 Å². The van der Waals surface area contributed by atoms with Crippen LogP contribution in [0.1, 0.15) is 58.3 Å². The minimum Gasteiger partial charge on any atom is -0.365 e. The summed E-state index contributed by atoms with van der Waals surface area (Å²) in [7, 11) is 0. The highest BCUT2D eigenvalue weighted by Gasteiger charge is 2.33. The molecule has 0 saturated heterocycles. The van der Waals surface area contributed by atoms with E-state index in [9.17, 15) is 14.0 Å². The molecule has 29 heavy (non-hydrogen) atoms. The van der Waals surface area contributed by atoms with E-state index in [1.807, 2.05) is 0 Å². The molecule has 8 heteroatoms. The van der Waals surface area contributed by atoms with Crippen LogP contribution in [-0.4, -0.2) is 16.9 Å². The normalized spacial score (nSPS) is 16.1. The molecule has 2 amide bonds. The van der Waals surface area contributed by atoms with E-state index in [4.69, 9.17) is 18.0 Å². The van der Waals surface area contributed by atoms with Gasteiger partial charge in [-0.3, -0.25) is 14.9 Å². The number of rotatable bonds is 3. The summed E-state index contributed by atoms with van der Waals surface area (Å²) in [5.41, 5.74) is 7.40. The van der Waals surface area contributed by atoms with E-state index < -0.39 is 17.6 Å². The number of thiophene rings is 1. The van der Waals surface area contributed by atoms with Crippen LogP contribution < -0.4 is 16.4 Å². The standard InChI is InChI=1S/C21H24FN3O2S2/c1-21(2,3)12-7-8-14-15(10-12)29-19(16(14)17(23)26)25-20(28)24-18(27)11-5-4-6-13(22)9-11/h4-6,9,12H,7-8,10H2,1-3H3,(H2,23,26)(H2,24,25,27,28)/t12-/m0/s1. The molecule has 1 aromatic carbocycles. The van der Waals surface area contributed by atoms with Crippen LogP contribution in [0.3, 0.4) is 0 Å². The molecule has 0 saturated carbocycles. The Kier molecular flexibility index (Phi) is 6.05. The number of thiocarbonyl (C=S) groups is 1. The molecule has 0 spiro atoms. The van der Waals surface area contributed by atoms with Gasteiger partial charge in [0.2, 0.25) is 0 Å². The lowest BCUT2D eigenvalue weighted by molar-refractivity contribution is 0.0975. The topological polar surface area (TPSA) is 84.2 Å². The quantitative estimate of drug-likeness (QED) is 0.632. The predicted octanol–water partition coefficient (Wildman–Crippen LogP) is 4.26. The molecule has 1 atom stereocenters. The lowest BCUT2D eigenvalue weighted by Gasteiger charge is -2.33. The highest BCUT2D eigenvalue weighted by atomic mass is 32.1. The molecule has 3 rings (SSSR count). The molecule has 154 valence electrons. The molecule has 0 bridgehead atoms. The van der Waals surface area contributed by atoms with Gasteiger partial charge in [0.15, 0.2) is 5.11 Å². The predicted molar refractivity (Wildman–Crippen MR) is 118 cm³/mol. The van der Waals surface area contributed by atoms with Crippen molar-refractivity contribution in [3.8, 4) is 0 Å². The maximum atomic E-state index is 13.3. The summed E-state index contributed by atoms with van der Waals surface area (Å²) in [6.45, 7) is 6.67. The first-order valence-electron chi connectivity index (χ1n) is 9.38. The number of amides is 2. The van der Waals surface area contributed by atoms with Crippen LogP contribution >= 0.6 is 23.6 Å². The Morgan fingerprint density at radius 3 is 2.66 bits per heavy atom. The second-order valence-electron chi connectivity index (χ2n) is 8.30. The van der Waals surface area contributed by atoms with E-state index in [0.29, 0.717) is 16.5 Å². The average molecular weight is 434 g/mol. The minimum absolute atomic E-state index is 0.0349. The van der Waals surface area contributed by atoms with Crippen LogP contribution in [0.25, 0.3) is 0 Å². The first kappa shape index (κ1) is 21.4. The Morgan fingerprint density at radius 1 is 1.31 bits per heavy atom. The van der Waals surface area contributed by atoms with E-state index >= 15 is 0 Å². The molecule has 0 aliphatic heterocycles. The summed E-state index contributed by atoms with van der Waals surface area (Å²) in [6, 6.07) is 5.33. The summed E-state index contributed by atoms with van der Waals surface area (Å²) >= 11 is 6.69. The zero-order valence-corrected chi connectivity index (χ0v) is 18.2. The van der Waals surface area contributed by atoms with Gasteiger partial charge < -0.3 is 11.1 Å². The Labute approximate surface area is 178 Å². The van der Waals surface area contributed by atoms with E-state index in [-0.39, 0.29) is 16.1 Å². The van der Waals surface area contributed by atoms with Crippen LogP contribution in [0.4, 0.5) is 9.39 Å². The highest BCUT2D eigenvalue weighted by Crippen LogP contribution is 2.44. The van der Waals surface area contributed by atoms with E-state index in [1.165, 1.54) is 29.5 Å². The lowest BCUT2D eigenvalue weighted by atomic mass is 9.72. The fourth-order valence-corrected chi connectivity index (χ4v) is 5.21.